The summed E-state index contributed by atoms with van der Waals surface area (Å²) in [4.78, 5) is 0. The van der Waals surface area contributed by atoms with Crippen LogP contribution >= 0.6 is 15.2 Å². The Morgan fingerprint density at radius 1 is 0.750 bits per heavy atom. The fraction of sp³-hybridized carbons (Fsp3) is 0.625. The molecule has 24 heavy (non-hydrogen) atoms. The average molecular weight is 378 g/mol. The molecule has 0 aliphatic carbocycles. The van der Waals surface area contributed by atoms with Gasteiger partial charge in [0.2, 0.25) is 0 Å². The first-order valence-electron chi connectivity index (χ1n) is 7.55. The Kier molecular flexibility index (Phi) is 7.43. The van der Waals surface area contributed by atoms with Gasteiger partial charge < -0.3 is 18.1 Å². The van der Waals surface area contributed by atoms with E-state index in [9.17, 15) is 9.13 Å². The van der Waals surface area contributed by atoms with Crippen LogP contribution in [0, 0.1) is 0 Å². The number of hydrogen-bond donors (Lipinski definition) is 0. The van der Waals surface area contributed by atoms with Crippen LogP contribution in [-0.2, 0) is 45.0 Å². The lowest BCUT2D eigenvalue weighted by molar-refractivity contribution is 0.274. The van der Waals surface area contributed by atoms with Gasteiger partial charge in [-0.25, -0.2) is 0 Å². The summed E-state index contributed by atoms with van der Waals surface area (Å²) in [5.74, 6) is 0. The highest BCUT2D eigenvalue weighted by atomic mass is 31.2. The second kappa shape index (κ2) is 8.27. The summed E-state index contributed by atoms with van der Waals surface area (Å²) in [6.07, 6.45) is 0.280. The monoisotopic (exact) mass is 378 g/mol. The highest BCUT2D eigenvalue weighted by Crippen LogP contribution is 2.52. The molecule has 0 aromatic heterocycles. The topological polar surface area (TPSA) is 71.1 Å². The molecular formula is C16H28O6P2. The molecule has 0 atom stereocenters. The highest BCUT2D eigenvalue weighted by Gasteiger charge is 2.26. The fourth-order valence-electron chi connectivity index (χ4n) is 2.23. The summed E-state index contributed by atoms with van der Waals surface area (Å²) in [7, 11) is -0.928. The first kappa shape index (κ1) is 21.6. The zero-order valence-corrected chi connectivity index (χ0v) is 17.3. The Labute approximate surface area is 144 Å². The first-order valence-corrected chi connectivity index (χ1v) is 11.0. The van der Waals surface area contributed by atoms with Gasteiger partial charge in [-0.2, -0.15) is 0 Å². The van der Waals surface area contributed by atoms with Crippen LogP contribution in [-0.4, -0.2) is 28.4 Å². The summed E-state index contributed by atoms with van der Waals surface area (Å²) >= 11 is 0. The zero-order chi connectivity index (χ0) is 18.6. The van der Waals surface area contributed by atoms with E-state index in [1.165, 1.54) is 28.4 Å². The Morgan fingerprint density at radius 2 is 1.08 bits per heavy atom. The van der Waals surface area contributed by atoms with Gasteiger partial charge in [0.1, 0.15) is 0 Å². The lowest BCUT2D eigenvalue weighted by atomic mass is 9.85. The van der Waals surface area contributed by atoms with E-state index in [0.717, 1.165) is 16.7 Å². The van der Waals surface area contributed by atoms with Crippen molar-refractivity contribution in [3.05, 3.63) is 34.9 Å². The van der Waals surface area contributed by atoms with Crippen molar-refractivity contribution in [1.82, 2.24) is 0 Å². The van der Waals surface area contributed by atoms with Crippen molar-refractivity contribution >= 4 is 15.2 Å². The normalized spacial score (nSPS) is 13.3. The van der Waals surface area contributed by atoms with Crippen LogP contribution in [0.3, 0.4) is 0 Å². The molecule has 0 unspecified atom stereocenters. The molecule has 1 aromatic rings. The molecule has 0 saturated carbocycles. The molecule has 0 aliphatic heterocycles. The van der Waals surface area contributed by atoms with Gasteiger partial charge in [-0.05, 0) is 22.1 Å². The highest BCUT2D eigenvalue weighted by molar-refractivity contribution is 7.53. The van der Waals surface area contributed by atoms with Gasteiger partial charge in [0.25, 0.3) is 0 Å². The van der Waals surface area contributed by atoms with Gasteiger partial charge in [-0.1, -0.05) is 39.0 Å². The third kappa shape index (κ3) is 5.80. The predicted octanol–water partition coefficient (Wildman–Crippen LogP) is 4.96. The van der Waals surface area contributed by atoms with Crippen LogP contribution in [0.2, 0.25) is 0 Å². The van der Waals surface area contributed by atoms with E-state index < -0.39 is 15.2 Å². The molecule has 138 valence electrons. The van der Waals surface area contributed by atoms with Gasteiger partial charge in [-0.15, -0.1) is 0 Å². The maximum Gasteiger partial charge on any atom is 0.334 e. The van der Waals surface area contributed by atoms with Crippen molar-refractivity contribution in [2.24, 2.45) is 0 Å². The van der Waals surface area contributed by atoms with Crippen LogP contribution in [0.25, 0.3) is 0 Å². The fourth-order valence-corrected chi connectivity index (χ4v) is 4.31. The second-order valence-corrected chi connectivity index (χ2v) is 11.1. The lowest BCUT2D eigenvalue weighted by Crippen LogP contribution is -2.12. The second-order valence-electron chi connectivity index (χ2n) is 6.56. The Morgan fingerprint density at radius 3 is 1.33 bits per heavy atom. The predicted molar refractivity (Wildman–Crippen MR) is 95.8 cm³/mol. The summed E-state index contributed by atoms with van der Waals surface area (Å²) in [6, 6.07) is 5.78. The zero-order valence-electron chi connectivity index (χ0n) is 15.5. The Hall–Kier alpha value is -0.480. The smallest absolute Gasteiger partial charge is 0.312 e. The van der Waals surface area contributed by atoms with Gasteiger partial charge in [0.15, 0.2) is 0 Å². The van der Waals surface area contributed by atoms with E-state index in [1.807, 2.05) is 18.2 Å². The third-order valence-corrected chi connectivity index (χ3v) is 7.51. The number of rotatable bonds is 8. The van der Waals surface area contributed by atoms with E-state index >= 15 is 0 Å². The van der Waals surface area contributed by atoms with Gasteiger partial charge in [-0.3, -0.25) is 9.13 Å². The van der Waals surface area contributed by atoms with Gasteiger partial charge in [0.05, 0.1) is 12.3 Å². The Bertz CT molecular complexity index is 588. The van der Waals surface area contributed by atoms with Crippen molar-refractivity contribution in [2.75, 3.05) is 28.4 Å². The van der Waals surface area contributed by atoms with Crippen LogP contribution < -0.4 is 0 Å². The maximum atomic E-state index is 12.4. The summed E-state index contributed by atoms with van der Waals surface area (Å²) in [5, 5.41) is 0. The molecule has 0 N–H and O–H groups in total. The number of benzene rings is 1. The van der Waals surface area contributed by atoms with E-state index in [0.29, 0.717) is 0 Å². The number of hydrogen-bond acceptors (Lipinski definition) is 6. The molecule has 0 spiro atoms. The molecule has 0 amide bonds. The molecule has 0 radical (unpaired) electrons. The van der Waals surface area contributed by atoms with Crippen molar-refractivity contribution < 1.29 is 27.2 Å². The molecule has 0 fully saturated rings. The van der Waals surface area contributed by atoms with Crippen molar-refractivity contribution in [1.29, 1.82) is 0 Å². The van der Waals surface area contributed by atoms with Crippen molar-refractivity contribution in [2.45, 2.75) is 38.5 Å². The molecule has 8 heteroatoms. The summed E-state index contributed by atoms with van der Waals surface area (Å²) in [5.41, 5.74) is 2.50. The van der Waals surface area contributed by atoms with Crippen LogP contribution in [0.1, 0.15) is 37.5 Å². The molecule has 1 rings (SSSR count). The molecule has 0 aliphatic rings. The van der Waals surface area contributed by atoms with Gasteiger partial charge >= 0.3 is 15.2 Å². The standard InChI is InChI=1S/C16H28O6P2/c1-16(2,3)15-9-13(11-23(17,19-4)20-5)8-14(10-15)12-24(18,21-6)22-7/h8-10H,11-12H2,1-7H3. The lowest BCUT2D eigenvalue weighted by Gasteiger charge is -2.23. The molecule has 6 nitrogen and oxygen atoms in total. The maximum absolute atomic E-state index is 12.4. The van der Waals surface area contributed by atoms with Gasteiger partial charge in [0, 0.05) is 28.4 Å². The largest absolute Gasteiger partial charge is 0.334 e. The van der Waals surface area contributed by atoms with Crippen molar-refractivity contribution in [3.8, 4) is 0 Å². The van der Waals surface area contributed by atoms with Crippen LogP contribution in [0.4, 0.5) is 0 Å². The summed E-state index contributed by atoms with van der Waals surface area (Å²) in [6.45, 7) is 6.23. The van der Waals surface area contributed by atoms with Crippen LogP contribution in [0.5, 0.6) is 0 Å². The molecule has 0 saturated heterocycles. The SMILES string of the molecule is COP(=O)(Cc1cc(CP(=O)(OC)OC)cc(C(C)(C)C)c1)OC. The minimum absolute atomic E-state index is 0.126. The minimum atomic E-state index is -3.19. The summed E-state index contributed by atoms with van der Waals surface area (Å²) < 4.78 is 45.0. The van der Waals surface area contributed by atoms with Crippen LogP contribution in [0.15, 0.2) is 18.2 Å². The van der Waals surface area contributed by atoms with E-state index in [1.54, 1.807) is 0 Å². The quantitative estimate of drug-likeness (QED) is 0.596. The first-order chi connectivity index (χ1) is 11.0. The molecule has 1 aromatic carbocycles. The van der Waals surface area contributed by atoms with E-state index in [-0.39, 0.29) is 17.7 Å². The molecule has 0 heterocycles. The van der Waals surface area contributed by atoms with Crippen molar-refractivity contribution in [3.63, 3.8) is 0 Å². The molecular weight excluding hydrogens is 350 g/mol. The molecule has 0 bridgehead atoms. The van der Waals surface area contributed by atoms with E-state index in [2.05, 4.69) is 20.8 Å². The minimum Gasteiger partial charge on any atom is -0.312 e. The van der Waals surface area contributed by atoms with E-state index in [4.69, 9.17) is 18.1 Å². The Balaban J connectivity index is 3.33. The average Bonchev–Trinajstić information content (AvgIpc) is 2.53. The third-order valence-electron chi connectivity index (χ3n) is 3.78.